The van der Waals surface area contributed by atoms with Gasteiger partial charge in [0.15, 0.2) is 6.61 Å². The predicted octanol–water partition coefficient (Wildman–Crippen LogP) is 2.77. The molecule has 1 aromatic carbocycles. The lowest BCUT2D eigenvalue weighted by Gasteiger charge is -2.35. The number of esters is 1. The topological polar surface area (TPSA) is 102 Å². The van der Waals surface area contributed by atoms with Gasteiger partial charge in [-0.05, 0) is 38.8 Å². The molecular weight excluding hydrogens is 390 g/mol. The van der Waals surface area contributed by atoms with E-state index in [9.17, 15) is 19.7 Å². The summed E-state index contributed by atoms with van der Waals surface area (Å²) < 4.78 is 10.7. The Balaban J connectivity index is 1.66. The lowest BCUT2D eigenvalue weighted by atomic mass is 10.1. The third-order valence-electron chi connectivity index (χ3n) is 5.45. The van der Waals surface area contributed by atoms with Gasteiger partial charge < -0.3 is 19.3 Å². The van der Waals surface area contributed by atoms with Crippen LogP contribution in [-0.4, -0.2) is 66.7 Å². The van der Waals surface area contributed by atoms with Crippen LogP contribution in [0.2, 0.25) is 0 Å². The Hall–Kier alpha value is -2.68. The first-order valence-corrected chi connectivity index (χ1v) is 10.5. The van der Waals surface area contributed by atoms with Gasteiger partial charge in [0.2, 0.25) is 0 Å². The van der Waals surface area contributed by atoms with Crippen molar-refractivity contribution >= 4 is 23.3 Å². The Kier molecular flexibility index (Phi) is 7.25. The monoisotopic (exact) mass is 419 g/mol. The van der Waals surface area contributed by atoms with E-state index in [0.717, 1.165) is 38.8 Å². The van der Waals surface area contributed by atoms with Crippen molar-refractivity contribution in [3.8, 4) is 0 Å². The van der Waals surface area contributed by atoms with Gasteiger partial charge in [-0.2, -0.15) is 0 Å². The Morgan fingerprint density at radius 1 is 1.13 bits per heavy atom. The molecule has 0 N–H and O–H groups in total. The highest BCUT2D eigenvalue weighted by molar-refractivity contribution is 5.93. The molecule has 2 atom stereocenters. The van der Waals surface area contributed by atoms with Crippen LogP contribution in [-0.2, 0) is 14.3 Å². The first-order valence-electron chi connectivity index (χ1n) is 10.5. The number of nitro benzene ring substituents is 1. The average Bonchev–Trinajstić information content (AvgIpc) is 3.00. The van der Waals surface area contributed by atoms with Gasteiger partial charge in [0.05, 0.1) is 22.7 Å². The van der Waals surface area contributed by atoms with Gasteiger partial charge in [-0.3, -0.25) is 14.9 Å². The first kappa shape index (κ1) is 22.0. The zero-order chi connectivity index (χ0) is 21.7. The van der Waals surface area contributed by atoms with Crippen molar-refractivity contribution < 1.29 is 24.0 Å². The number of hydrogen-bond donors (Lipinski definition) is 0. The van der Waals surface area contributed by atoms with Gasteiger partial charge in [-0.25, -0.2) is 4.79 Å². The highest BCUT2D eigenvalue weighted by atomic mass is 16.6. The van der Waals surface area contributed by atoms with E-state index in [1.165, 1.54) is 12.1 Å². The number of morpholine rings is 1. The van der Waals surface area contributed by atoms with Gasteiger partial charge >= 0.3 is 5.97 Å². The maximum Gasteiger partial charge on any atom is 0.338 e. The van der Waals surface area contributed by atoms with E-state index in [4.69, 9.17) is 9.47 Å². The summed E-state index contributed by atoms with van der Waals surface area (Å²) in [4.78, 5) is 39.5. The van der Waals surface area contributed by atoms with E-state index in [0.29, 0.717) is 18.8 Å². The van der Waals surface area contributed by atoms with Crippen LogP contribution in [0.1, 0.15) is 49.9 Å². The smallest absolute Gasteiger partial charge is 0.338 e. The van der Waals surface area contributed by atoms with E-state index >= 15 is 0 Å². The molecule has 0 unspecified atom stereocenters. The van der Waals surface area contributed by atoms with E-state index < -0.39 is 17.5 Å². The number of carbonyl (C=O) groups is 2. The molecule has 9 heteroatoms. The number of ether oxygens (including phenoxy) is 2. The lowest BCUT2D eigenvalue weighted by Crippen LogP contribution is -2.49. The molecule has 3 rings (SSSR count). The highest BCUT2D eigenvalue weighted by Gasteiger charge is 2.27. The summed E-state index contributed by atoms with van der Waals surface area (Å²) >= 11 is 0. The molecule has 1 aromatic rings. The zero-order valence-corrected chi connectivity index (χ0v) is 17.5. The summed E-state index contributed by atoms with van der Waals surface area (Å²) in [5, 5.41) is 11.6. The third-order valence-corrected chi connectivity index (χ3v) is 5.45. The molecule has 2 fully saturated rings. The zero-order valence-electron chi connectivity index (χ0n) is 17.5. The minimum absolute atomic E-state index is 0.0665. The summed E-state index contributed by atoms with van der Waals surface area (Å²) in [6.07, 6.45) is 4.04. The molecule has 0 aromatic heterocycles. The first-order chi connectivity index (χ1) is 14.3. The molecule has 164 valence electrons. The molecule has 0 bridgehead atoms. The number of nitro groups is 1. The van der Waals surface area contributed by atoms with E-state index in [1.54, 1.807) is 11.0 Å². The molecule has 2 heterocycles. The lowest BCUT2D eigenvalue weighted by molar-refractivity contribution is -0.384. The van der Waals surface area contributed by atoms with Crippen molar-refractivity contribution in [2.75, 3.05) is 37.7 Å². The summed E-state index contributed by atoms with van der Waals surface area (Å²) in [6.45, 7) is 5.76. The van der Waals surface area contributed by atoms with Gasteiger partial charge in [0, 0.05) is 32.2 Å². The largest absolute Gasteiger partial charge is 0.452 e. The summed E-state index contributed by atoms with van der Waals surface area (Å²) in [6, 6.07) is 4.37. The van der Waals surface area contributed by atoms with E-state index in [2.05, 4.69) is 0 Å². The van der Waals surface area contributed by atoms with Gasteiger partial charge in [-0.15, -0.1) is 0 Å². The fourth-order valence-corrected chi connectivity index (χ4v) is 4.06. The number of hydrogen-bond acceptors (Lipinski definition) is 7. The minimum atomic E-state index is -0.747. The van der Waals surface area contributed by atoms with Crippen LogP contribution in [0.15, 0.2) is 18.2 Å². The van der Waals surface area contributed by atoms with Crippen LogP contribution in [0.4, 0.5) is 11.4 Å². The quantitative estimate of drug-likeness (QED) is 0.411. The van der Waals surface area contributed by atoms with Crippen LogP contribution in [0.25, 0.3) is 0 Å². The number of amides is 1. The summed E-state index contributed by atoms with van der Waals surface area (Å²) in [7, 11) is 0. The molecule has 2 saturated heterocycles. The fraction of sp³-hybridized carbons (Fsp3) is 0.619. The van der Waals surface area contributed by atoms with Crippen LogP contribution in [0, 0.1) is 10.1 Å². The molecule has 2 aliphatic heterocycles. The fourth-order valence-electron chi connectivity index (χ4n) is 4.06. The summed E-state index contributed by atoms with van der Waals surface area (Å²) in [5.41, 5.74) is 0.469. The second-order valence-electron chi connectivity index (χ2n) is 7.99. The Bertz CT molecular complexity index is 781. The van der Waals surface area contributed by atoms with Crippen molar-refractivity contribution in [2.45, 2.75) is 51.7 Å². The van der Waals surface area contributed by atoms with Crippen LogP contribution >= 0.6 is 0 Å². The van der Waals surface area contributed by atoms with Crippen molar-refractivity contribution in [2.24, 2.45) is 0 Å². The summed E-state index contributed by atoms with van der Waals surface area (Å²) in [5.74, 6) is -1.05. The minimum Gasteiger partial charge on any atom is -0.452 e. The number of benzene rings is 1. The SMILES string of the molecule is C[C@@H]1CN(C(=O)COC(=O)c2ccc(N3CCCCCC3)c([N+](=O)[O-])c2)C[C@H](C)O1. The molecule has 30 heavy (non-hydrogen) atoms. The van der Waals surface area contributed by atoms with Crippen molar-refractivity contribution in [3.63, 3.8) is 0 Å². The number of nitrogens with zero attached hydrogens (tertiary/aromatic N) is 3. The Morgan fingerprint density at radius 2 is 1.77 bits per heavy atom. The van der Waals surface area contributed by atoms with Gasteiger partial charge in [0.25, 0.3) is 11.6 Å². The molecule has 0 radical (unpaired) electrons. The van der Waals surface area contributed by atoms with Crippen LogP contribution in [0.3, 0.4) is 0 Å². The molecule has 0 aliphatic carbocycles. The second kappa shape index (κ2) is 9.88. The highest BCUT2D eigenvalue weighted by Crippen LogP contribution is 2.31. The normalized spacial score (nSPS) is 22.3. The van der Waals surface area contributed by atoms with Crippen molar-refractivity contribution in [3.05, 3.63) is 33.9 Å². The number of carbonyl (C=O) groups excluding carboxylic acids is 2. The molecule has 1 amide bonds. The van der Waals surface area contributed by atoms with Crippen molar-refractivity contribution in [1.29, 1.82) is 0 Å². The van der Waals surface area contributed by atoms with E-state index in [1.807, 2.05) is 18.7 Å². The molecule has 2 aliphatic rings. The molecule has 0 spiro atoms. The van der Waals surface area contributed by atoms with Crippen molar-refractivity contribution in [1.82, 2.24) is 4.90 Å². The number of anilines is 1. The molecule has 0 saturated carbocycles. The molecule has 9 nitrogen and oxygen atoms in total. The van der Waals surface area contributed by atoms with Gasteiger partial charge in [-0.1, -0.05) is 12.8 Å². The maximum absolute atomic E-state index is 12.4. The standard InChI is InChI=1S/C21H29N3O6/c1-15-12-23(13-16(2)30-15)20(25)14-29-21(26)17-7-8-18(19(11-17)24(27)28)22-9-5-3-4-6-10-22/h7-8,11,15-16H,3-6,9-10,12-14H2,1-2H3/t15-,16+. The van der Waals surface area contributed by atoms with Gasteiger partial charge in [0.1, 0.15) is 5.69 Å². The van der Waals surface area contributed by atoms with E-state index in [-0.39, 0.29) is 29.4 Å². The third kappa shape index (κ3) is 5.47. The van der Waals surface area contributed by atoms with Crippen LogP contribution < -0.4 is 4.90 Å². The maximum atomic E-state index is 12.4. The number of rotatable bonds is 5. The van der Waals surface area contributed by atoms with Crippen LogP contribution in [0.5, 0.6) is 0 Å². The Morgan fingerprint density at radius 3 is 2.37 bits per heavy atom. The predicted molar refractivity (Wildman–Crippen MR) is 111 cm³/mol. The second-order valence-corrected chi connectivity index (χ2v) is 7.99. The molecular formula is C21H29N3O6. The Labute approximate surface area is 176 Å². The average molecular weight is 419 g/mol.